The molecule has 0 amide bonds. The van der Waals surface area contributed by atoms with Crippen LogP contribution >= 0.6 is 11.3 Å². The van der Waals surface area contributed by atoms with E-state index in [-0.39, 0.29) is 12.1 Å². The first-order valence-electron chi connectivity index (χ1n) is 11.3. The van der Waals surface area contributed by atoms with Crippen molar-refractivity contribution in [3.05, 3.63) is 34.9 Å². The molecule has 1 aliphatic heterocycles. The Labute approximate surface area is 195 Å². The second kappa shape index (κ2) is 10.0. The van der Waals surface area contributed by atoms with E-state index in [1.54, 1.807) is 18.2 Å². The number of morpholine rings is 1. The smallest absolute Gasteiger partial charge is 0.225 e. The number of aliphatic hydroxyl groups excluding tert-OH is 1. The van der Waals surface area contributed by atoms with Crippen molar-refractivity contribution in [2.24, 2.45) is 5.18 Å². The Hall–Kier alpha value is -2.73. The van der Waals surface area contributed by atoms with Gasteiger partial charge in [0.05, 0.1) is 35.2 Å². The van der Waals surface area contributed by atoms with Gasteiger partial charge in [-0.25, -0.2) is 9.97 Å². The molecule has 174 valence electrons. The van der Waals surface area contributed by atoms with Crippen molar-refractivity contribution in [3.8, 4) is 0 Å². The van der Waals surface area contributed by atoms with Crippen LogP contribution in [0.15, 0.2) is 29.4 Å². The van der Waals surface area contributed by atoms with Crippen LogP contribution in [0, 0.1) is 4.91 Å². The first-order valence-corrected chi connectivity index (χ1v) is 12.1. The second-order valence-electron chi connectivity index (χ2n) is 8.49. The molecule has 3 aromatic rings. The number of thiazole rings is 1. The maximum atomic E-state index is 10.8. The minimum absolute atomic E-state index is 0.206. The molecule has 0 radical (unpaired) electrons. The zero-order chi connectivity index (χ0) is 22.6. The minimum atomic E-state index is -0.206. The molecule has 5 rings (SSSR count). The molecule has 2 fully saturated rings. The van der Waals surface area contributed by atoms with E-state index in [0.717, 1.165) is 67.9 Å². The number of hydrogen-bond acceptors (Lipinski definition) is 11. The summed E-state index contributed by atoms with van der Waals surface area (Å²) in [7, 11) is 0. The van der Waals surface area contributed by atoms with E-state index in [4.69, 9.17) is 14.7 Å². The molecule has 0 unspecified atom stereocenters. The number of nitrogens with one attached hydrogen (secondary N) is 2. The zero-order valence-electron chi connectivity index (χ0n) is 18.2. The van der Waals surface area contributed by atoms with Gasteiger partial charge >= 0.3 is 0 Å². The van der Waals surface area contributed by atoms with Crippen LogP contribution in [0.3, 0.4) is 0 Å². The Morgan fingerprint density at radius 3 is 2.73 bits per heavy atom. The lowest BCUT2D eigenvalue weighted by Gasteiger charge is -2.27. The molecule has 3 heterocycles. The highest BCUT2D eigenvalue weighted by Gasteiger charge is 2.21. The van der Waals surface area contributed by atoms with Crippen molar-refractivity contribution in [2.75, 3.05) is 36.9 Å². The number of aromatic nitrogens is 3. The van der Waals surface area contributed by atoms with Gasteiger partial charge < -0.3 is 20.5 Å². The van der Waals surface area contributed by atoms with E-state index in [0.29, 0.717) is 29.1 Å². The molecule has 1 saturated carbocycles. The highest BCUT2D eigenvalue weighted by molar-refractivity contribution is 7.22. The van der Waals surface area contributed by atoms with Crippen molar-refractivity contribution in [1.82, 2.24) is 19.9 Å². The van der Waals surface area contributed by atoms with Crippen LogP contribution in [-0.2, 0) is 11.3 Å². The van der Waals surface area contributed by atoms with Crippen molar-refractivity contribution in [2.45, 2.75) is 44.4 Å². The lowest BCUT2D eigenvalue weighted by molar-refractivity contribution is 0.0336. The molecule has 10 nitrogen and oxygen atoms in total. The Kier molecular flexibility index (Phi) is 6.72. The van der Waals surface area contributed by atoms with E-state index < -0.39 is 0 Å². The third-order valence-electron chi connectivity index (χ3n) is 6.01. The van der Waals surface area contributed by atoms with Crippen LogP contribution in [0.25, 0.3) is 10.2 Å². The van der Waals surface area contributed by atoms with Crippen LogP contribution in [0.1, 0.15) is 31.4 Å². The Morgan fingerprint density at radius 2 is 1.94 bits per heavy atom. The SMILES string of the molecule is O=Nc1ccc2nc(Nc3cc(CN4CCOCC4)nc(N[C@H]4CC[C@H](O)CC4)n3)sc2c1. The summed E-state index contributed by atoms with van der Waals surface area (Å²) in [6.45, 7) is 3.93. The summed E-state index contributed by atoms with van der Waals surface area (Å²) in [4.78, 5) is 27.2. The maximum Gasteiger partial charge on any atom is 0.225 e. The fraction of sp³-hybridized carbons (Fsp3) is 0.500. The lowest BCUT2D eigenvalue weighted by atomic mass is 9.93. The van der Waals surface area contributed by atoms with E-state index in [1.165, 1.54) is 11.3 Å². The van der Waals surface area contributed by atoms with Gasteiger partial charge in [0.25, 0.3) is 0 Å². The van der Waals surface area contributed by atoms with Crippen molar-refractivity contribution in [3.63, 3.8) is 0 Å². The standard InChI is InChI=1S/C22H27N7O3S/c30-17-4-1-14(2-5-17)23-21-24-16(13-29-7-9-32-10-8-29)12-20(26-21)27-22-25-18-6-3-15(28-31)11-19(18)33-22/h3,6,11-12,14,17,30H,1-2,4-5,7-10,13H2,(H2,23,24,25,26,27)/t14-,17-. The molecule has 1 aliphatic carbocycles. The molecular formula is C22H27N7O3S. The molecular weight excluding hydrogens is 442 g/mol. The average molecular weight is 470 g/mol. The van der Waals surface area contributed by atoms with E-state index >= 15 is 0 Å². The predicted octanol–water partition coefficient (Wildman–Crippen LogP) is 3.78. The number of nitrogens with zero attached hydrogens (tertiary/aromatic N) is 5. The first kappa shape index (κ1) is 22.1. The number of hydrogen-bond donors (Lipinski definition) is 3. The van der Waals surface area contributed by atoms with E-state index in [1.807, 2.05) is 6.07 Å². The Bertz CT molecular complexity index is 1110. The van der Waals surface area contributed by atoms with Crippen molar-refractivity contribution >= 4 is 44.1 Å². The Balaban J connectivity index is 1.38. The number of fused-ring (bicyclic) bond motifs is 1. The molecule has 0 atom stereocenters. The van der Waals surface area contributed by atoms with Gasteiger partial charge in [0.1, 0.15) is 11.5 Å². The monoisotopic (exact) mass is 469 g/mol. The largest absolute Gasteiger partial charge is 0.393 e. The third-order valence-corrected chi connectivity index (χ3v) is 6.94. The van der Waals surface area contributed by atoms with Crippen molar-refractivity contribution < 1.29 is 9.84 Å². The summed E-state index contributed by atoms with van der Waals surface area (Å²) in [5, 5.41) is 20.3. The van der Waals surface area contributed by atoms with Gasteiger partial charge in [-0.2, -0.15) is 4.98 Å². The fourth-order valence-electron chi connectivity index (χ4n) is 4.23. The number of anilines is 3. The van der Waals surface area contributed by atoms with Gasteiger partial charge in [0.15, 0.2) is 5.13 Å². The molecule has 2 aromatic heterocycles. The molecule has 0 spiro atoms. The summed E-state index contributed by atoms with van der Waals surface area (Å²) in [6.07, 6.45) is 3.17. The number of rotatable bonds is 7. The van der Waals surface area contributed by atoms with Crippen molar-refractivity contribution in [1.29, 1.82) is 0 Å². The summed E-state index contributed by atoms with van der Waals surface area (Å²) in [6, 6.07) is 7.39. The third kappa shape index (κ3) is 5.61. The second-order valence-corrected chi connectivity index (χ2v) is 9.52. The molecule has 3 N–H and O–H groups in total. The van der Waals surface area contributed by atoms with E-state index in [2.05, 4.69) is 25.7 Å². The van der Waals surface area contributed by atoms with Crippen LogP contribution in [0.2, 0.25) is 0 Å². The molecule has 2 aliphatic rings. The summed E-state index contributed by atoms with van der Waals surface area (Å²) in [5.74, 6) is 1.25. The fourth-order valence-corrected chi connectivity index (χ4v) is 5.14. The topological polar surface area (TPSA) is 125 Å². The average Bonchev–Trinajstić information content (AvgIpc) is 3.22. The number of nitroso groups, excluding NO2 is 1. The number of aliphatic hydroxyl groups is 1. The van der Waals surface area contributed by atoms with Gasteiger partial charge in [0, 0.05) is 31.7 Å². The quantitative estimate of drug-likeness (QED) is 0.443. The summed E-state index contributed by atoms with van der Waals surface area (Å²) >= 11 is 1.45. The minimum Gasteiger partial charge on any atom is -0.393 e. The molecule has 11 heteroatoms. The summed E-state index contributed by atoms with van der Waals surface area (Å²) < 4.78 is 6.35. The van der Waals surface area contributed by atoms with Gasteiger partial charge in [-0.1, -0.05) is 11.3 Å². The van der Waals surface area contributed by atoms with Crippen LogP contribution < -0.4 is 10.6 Å². The highest BCUT2D eigenvalue weighted by atomic mass is 32.1. The van der Waals surface area contributed by atoms with E-state index in [9.17, 15) is 10.0 Å². The van der Waals surface area contributed by atoms with Crippen LogP contribution in [-0.4, -0.2) is 63.4 Å². The van der Waals surface area contributed by atoms with Gasteiger partial charge in [0.2, 0.25) is 5.95 Å². The molecule has 0 bridgehead atoms. The maximum absolute atomic E-state index is 10.8. The number of benzene rings is 1. The molecule has 1 saturated heterocycles. The molecule has 33 heavy (non-hydrogen) atoms. The zero-order valence-corrected chi connectivity index (χ0v) is 19.1. The van der Waals surface area contributed by atoms with Crippen LogP contribution in [0.5, 0.6) is 0 Å². The lowest BCUT2D eigenvalue weighted by Crippen LogP contribution is -2.36. The van der Waals surface area contributed by atoms with Gasteiger partial charge in [-0.15, -0.1) is 4.91 Å². The van der Waals surface area contributed by atoms with Crippen LogP contribution in [0.4, 0.5) is 22.6 Å². The highest BCUT2D eigenvalue weighted by Crippen LogP contribution is 2.31. The molecule has 1 aromatic carbocycles. The predicted molar refractivity (Wildman–Crippen MR) is 128 cm³/mol. The van der Waals surface area contributed by atoms with Gasteiger partial charge in [-0.05, 0) is 49.1 Å². The Morgan fingerprint density at radius 1 is 1.12 bits per heavy atom. The first-order chi connectivity index (χ1) is 16.1. The summed E-state index contributed by atoms with van der Waals surface area (Å²) in [5.41, 5.74) is 2.11. The normalized spacial score (nSPS) is 21.7. The number of ether oxygens (including phenoxy) is 1. The van der Waals surface area contributed by atoms with Gasteiger partial charge in [-0.3, -0.25) is 4.90 Å².